The van der Waals surface area contributed by atoms with Crippen LogP contribution in [-0.2, 0) is 9.53 Å². The predicted molar refractivity (Wildman–Crippen MR) is 56.0 cm³/mol. The average Bonchev–Trinajstić information content (AvgIpc) is 2.12. The molecule has 0 saturated heterocycles. The van der Waals surface area contributed by atoms with E-state index in [9.17, 15) is 4.79 Å². The minimum atomic E-state index is -0.215. The van der Waals surface area contributed by atoms with Gasteiger partial charge in [-0.1, -0.05) is 0 Å². The Kier molecular flexibility index (Phi) is 1.77. The number of carbonyl (C=O) groups is 1. The molecule has 0 aromatic carbocycles. The predicted octanol–water partition coefficient (Wildman–Crippen LogP) is 1.46. The van der Waals surface area contributed by atoms with Crippen LogP contribution < -0.4 is 5.73 Å². The van der Waals surface area contributed by atoms with Gasteiger partial charge in [-0.15, -0.1) is 0 Å². The lowest BCUT2D eigenvalue weighted by Gasteiger charge is -2.59. The Morgan fingerprint density at radius 2 is 1.87 bits per heavy atom. The van der Waals surface area contributed by atoms with Gasteiger partial charge >= 0.3 is 5.97 Å². The van der Waals surface area contributed by atoms with Crippen molar-refractivity contribution in [3.05, 3.63) is 0 Å². The Bertz CT molecular complexity index is 299. The van der Waals surface area contributed by atoms with Crippen molar-refractivity contribution in [3.63, 3.8) is 0 Å². The minimum absolute atomic E-state index is 0.00794. The molecule has 84 valence electrons. The molecule has 0 aromatic heterocycles. The maximum absolute atomic E-state index is 11.9. The minimum Gasteiger partial charge on any atom is -0.469 e. The van der Waals surface area contributed by atoms with Crippen LogP contribution in [0.3, 0.4) is 0 Å². The molecule has 0 heterocycles. The summed E-state index contributed by atoms with van der Waals surface area (Å²) in [5.74, 6) is 1.34. The van der Waals surface area contributed by atoms with Crippen molar-refractivity contribution in [3.8, 4) is 0 Å². The standard InChI is InChI=1S/C12H19NO2/c1-15-10(14)11-3-8-2-9(4-11)6-12(13,5-8)7-11/h8-9H,2-7,13H2,1H3/t8-,9-,11?,12?/m1/s1. The summed E-state index contributed by atoms with van der Waals surface area (Å²) in [6.45, 7) is 0. The second kappa shape index (κ2) is 2.76. The third-order valence-corrected chi connectivity index (χ3v) is 4.72. The Morgan fingerprint density at radius 3 is 2.33 bits per heavy atom. The van der Waals surface area contributed by atoms with E-state index in [0.29, 0.717) is 11.8 Å². The summed E-state index contributed by atoms with van der Waals surface area (Å²) in [5.41, 5.74) is 6.12. The summed E-state index contributed by atoms with van der Waals surface area (Å²) in [6.07, 6.45) is 6.45. The first-order chi connectivity index (χ1) is 7.05. The van der Waals surface area contributed by atoms with Gasteiger partial charge < -0.3 is 10.5 Å². The van der Waals surface area contributed by atoms with E-state index in [1.54, 1.807) is 0 Å². The van der Waals surface area contributed by atoms with Gasteiger partial charge in [-0.2, -0.15) is 0 Å². The van der Waals surface area contributed by atoms with E-state index in [1.807, 2.05) is 0 Å². The zero-order valence-electron chi connectivity index (χ0n) is 9.29. The largest absolute Gasteiger partial charge is 0.469 e. The van der Waals surface area contributed by atoms with Crippen LogP contribution in [0.4, 0.5) is 0 Å². The number of methoxy groups -OCH3 is 1. The lowest BCUT2D eigenvalue weighted by molar-refractivity contribution is -0.170. The number of hydrogen-bond donors (Lipinski definition) is 1. The number of rotatable bonds is 1. The molecule has 2 N–H and O–H groups in total. The Balaban J connectivity index is 1.96. The summed E-state index contributed by atoms with van der Waals surface area (Å²) in [5, 5.41) is 0. The van der Waals surface area contributed by atoms with Gasteiger partial charge in [0.25, 0.3) is 0 Å². The highest BCUT2D eigenvalue weighted by Gasteiger charge is 2.59. The van der Waals surface area contributed by atoms with E-state index in [1.165, 1.54) is 13.5 Å². The van der Waals surface area contributed by atoms with E-state index >= 15 is 0 Å². The molecular weight excluding hydrogens is 190 g/mol. The smallest absolute Gasteiger partial charge is 0.311 e. The first kappa shape index (κ1) is 9.64. The molecule has 2 atom stereocenters. The highest BCUT2D eigenvalue weighted by Crippen LogP contribution is 2.61. The topological polar surface area (TPSA) is 52.3 Å². The SMILES string of the molecule is COC(=O)C12C[C@H]3C[C@@H](CC(N)(C3)C1)C2. The van der Waals surface area contributed by atoms with Crippen LogP contribution in [-0.4, -0.2) is 18.6 Å². The maximum Gasteiger partial charge on any atom is 0.311 e. The second-order valence-electron chi connectivity index (χ2n) is 6.10. The summed E-state index contributed by atoms with van der Waals surface area (Å²) >= 11 is 0. The molecule has 15 heavy (non-hydrogen) atoms. The monoisotopic (exact) mass is 209 g/mol. The summed E-state index contributed by atoms with van der Waals surface area (Å²) < 4.78 is 4.99. The molecule has 0 unspecified atom stereocenters. The number of carbonyl (C=O) groups excluding carboxylic acids is 1. The van der Waals surface area contributed by atoms with Gasteiger partial charge in [0.15, 0.2) is 0 Å². The Labute approximate surface area is 90.4 Å². The van der Waals surface area contributed by atoms with E-state index in [4.69, 9.17) is 10.5 Å². The lowest BCUT2D eigenvalue weighted by Crippen LogP contribution is -2.62. The fourth-order valence-corrected chi connectivity index (χ4v) is 4.79. The van der Waals surface area contributed by atoms with Crippen molar-refractivity contribution in [2.45, 2.75) is 44.1 Å². The Hall–Kier alpha value is -0.570. The van der Waals surface area contributed by atoms with Crippen LogP contribution in [0.5, 0.6) is 0 Å². The zero-order chi connectivity index (χ0) is 10.7. The van der Waals surface area contributed by atoms with Gasteiger partial charge in [0.05, 0.1) is 12.5 Å². The van der Waals surface area contributed by atoms with Crippen LogP contribution in [0.1, 0.15) is 38.5 Å². The van der Waals surface area contributed by atoms with E-state index in [-0.39, 0.29) is 16.9 Å². The number of hydrogen-bond acceptors (Lipinski definition) is 3. The Morgan fingerprint density at radius 1 is 1.27 bits per heavy atom. The molecule has 0 aliphatic heterocycles. The first-order valence-corrected chi connectivity index (χ1v) is 5.93. The van der Waals surface area contributed by atoms with Gasteiger partial charge in [-0.05, 0) is 50.4 Å². The average molecular weight is 209 g/mol. The van der Waals surface area contributed by atoms with Gasteiger partial charge in [-0.3, -0.25) is 4.79 Å². The molecule has 3 heteroatoms. The van der Waals surface area contributed by atoms with Crippen molar-refractivity contribution >= 4 is 5.97 Å². The molecule has 0 spiro atoms. The molecule has 4 aliphatic rings. The quantitative estimate of drug-likeness (QED) is 0.665. The van der Waals surface area contributed by atoms with Crippen molar-refractivity contribution in [2.24, 2.45) is 23.0 Å². The van der Waals surface area contributed by atoms with E-state index in [2.05, 4.69) is 0 Å². The molecule has 0 amide bonds. The molecular formula is C12H19NO2. The van der Waals surface area contributed by atoms with Gasteiger partial charge in [0.1, 0.15) is 0 Å². The summed E-state index contributed by atoms with van der Waals surface area (Å²) in [6, 6.07) is 0. The second-order valence-corrected chi connectivity index (χ2v) is 6.10. The number of esters is 1. The van der Waals surface area contributed by atoms with Crippen molar-refractivity contribution in [1.82, 2.24) is 0 Å². The van der Waals surface area contributed by atoms with Crippen molar-refractivity contribution in [2.75, 3.05) is 7.11 Å². The van der Waals surface area contributed by atoms with Crippen molar-refractivity contribution in [1.29, 1.82) is 0 Å². The van der Waals surface area contributed by atoms with Crippen LogP contribution in [0, 0.1) is 17.3 Å². The van der Waals surface area contributed by atoms with Crippen LogP contribution in [0.2, 0.25) is 0 Å². The molecule has 4 saturated carbocycles. The summed E-state index contributed by atoms with van der Waals surface area (Å²) in [4.78, 5) is 11.9. The summed E-state index contributed by atoms with van der Waals surface area (Å²) in [7, 11) is 1.50. The van der Waals surface area contributed by atoms with Crippen LogP contribution in [0.15, 0.2) is 0 Å². The normalized spacial score (nSPS) is 51.9. The van der Waals surface area contributed by atoms with Gasteiger partial charge in [0.2, 0.25) is 0 Å². The van der Waals surface area contributed by atoms with Crippen molar-refractivity contribution < 1.29 is 9.53 Å². The fourth-order valence-electron chi connectivity index (χ4n) is 4.79. The van der Waals surface area contributed by atoms with E-state index in [0.717, 1.165) is 32.1 Å². The van der Waals surface area contributed by atoms with Gasteiger partial charge in [0, 0.05) is 5.54 Å². The maximum atomic E-state index is 11.9. The van der Waals surface area contributed by atoms with Crippen LogP contribution in [0.25, 0.3) is 0 Å². The van der Waals surface area contributed by atoms with Crippen LogP contribution >= 0.6 is 0 Å². The van der Waals surface area contributed by atoms with Gasteiger partial charge in [-0.25, -0.2) is 0 Å². The van der Waals surface area contributed by atoms with E-state index < -0.39 is 0 Å². The molecule has 4 aliphatic carbocycles. The third-order valence-electron chi connectivity index (χ3n) is 4.72. The molecule has 4 fully saturated rings. The zero-order valence-corrected chi connectivity index (χ0v) is 9.29. The number of ether oxygens (including phenoxy) is 1. The molecule has 4 rings (SSSR count). The third kappa shape index (κ3) is 1.25. The molecule has 0 aromatic rings. The first-order valence-electron chi connectivity index (χ1n) is 5.93. The molecule has 3 nitrogen and oxygen atoms in total. The highest BCUT2D eigenvalue weighted by molar-refractivity contribution is 5.77. The molecule has 4 bridgehead atoms. The number of nitrogens with two attached hydrogens (primary N) is 1. The lowest BCUT2D eigenvalue weighted by atomic mass is 9.47. The molecule has 0 radical (unpaired) electrons. The highest BCUT2D eigenvalue weighted by atomic mass is 16.5. The fraction of sp³-hybridized carbons (Fsp3) is 0.917.